The quantitative estimate of drug-likeness (QED) is 0.868. The molecule has 94 valence electrons. The SMILES string of the molecule is CSC1(CNCc2c(F)cccc2F)CCC1. The molecule has 4 heteroatoms. The second-order valence-electron chi connectivity index (χ2n) is 4.54. The molecule has 1 saturated carbocycles. The first kappa shape index (κ1) is 12.8. The molecular formula is C13H17F2NS. The van der Waals surface area contributed by atoms with Crippen LogP contribution in [0, 0.1) is 11.6 Å². The second-order valence-corrected chi connectivity index (χ2v) is 5.82. The van der Waals surface area contributed by atoms with Crippen molar-refractivity contribution in [2.45, 2.75) is 30.6 Å². The van der Waals surface area contributed by atoms with Crippen LogP contribution in [-0.4, -0.2) is 17.5 Å². The summed E-state index contributed by atoms with van der Waals surface area (Å²) in [6, 6.07) is 3.99. The summed E-state index contributed by atoms with van der Waals surface area (Å²) in [5.74, 6) is -0.936. The third-order valence-electron chi connectivity index (χ3n) is 3.51. The van der Waals surface area contributed by atoms with Gasteiger partial charge >= 0.3 is 0 Å². The summed E-state index contributed by atoms with van der Waals surface area (Å²) in [5, 5.41) is 3.18. The zero-order valence-corrected chi connectivity index (χ0v) is 10.7. The smallest absolute Gasteiger partial charge is 0.130 e. The molecule has 0 radical (unpaired) electrons. The topological polar surface area (TPSA) is 12.0 Å². The van der Waals surface area contributed by atoms with Gasteiger partial charge in [0.05, 0.1) is 0 Å². The third kappa shape index (κ3) is 2.80. The maximum absolute atomic E-state index is 13.4. The van der Waals surface area contributed by atoms with Crippen LogP contribution in [-0.2, 0) is 6.54 Å². The van der Waals surface area contributed by atoms with Gasteiger partial charge in [0.25, 0.3) is 0 Å². The summed E-state index contributed by atoms with van der Waals surface area (Å²) >= 11 is 1.85. The molecule has 0 aromatic heterocycles. The summed E-state index contributed by atoms with van der Waals surface area (Å²) in [6.45, 7) is 1.09. The van der Waals surface area contributed by atoms with Crippen LogP contribution in [0.25, 0.3) is 0 Å². The predicted molar refractivity (Wildman–Crippen MR) is 68.2 cm³/mol. The standard InChI is InChI=1S/C13H17F2NS/c1-17-13(6-3-7-13)9-16-8-10-11(14)4-2-5-12(10)15/h2,4-5,16H,3,6-9H2,1H3. The van der Waals surface area contributed by atoms with E-state index in [1.54, 1.807) is 0 Å². The first-order valence-electron chi connectivity index (χ1n) is 5.86. The van der Waals surface area contributed by atoms with Crippen molar-refractivity contribution in [3.05, 3.63) is 35.4 Å². The van der Waals surface area contributed by atoms with Crippen molar-refractivity contribution in [2.75, 3.05) is 12.8 Å². The molecule has 1 aromatic carbocycles. The average Bonchev–Trinajstić information content (AvgIpc) is 2.26. The van der Waals surface area contributed by atoms with Crippen LogP contribution >= 0.6 is 11.8 Å². The lowest BCUT2D eigenvalue weighted by molar-refractivity contribution is 0.343. The van der Waals surface area contributed by atoms with E-state index in [1.165, 1.54) is 37.5 Å². The lowest BCUT2D eigenvalue weighted by Crippen LogP contribution is -2.43. The van der Waals surface area contributed by atoms with Crippen LogP contribution in [0.4, 0.5) is 8.78 Å². The largest absolute Gasteiger partial charge is 0.311 e. The first-order chi connectivity index (χ1) is 8.17. The van der Waals surface area contributed by atoms with Gasteiger partial charge < -0.3 is 5.32 Å². The summed E-state index contributed by atoms with van der Waals surface area (Å²) < 4.78 is 27.0. The molecule has 0 aliphatic heterocycles. The minimum absolute atomic E-state index is 0.142. The molecule has 0 bridgehead atoms. The highest BCUT2D eigenvalue weighted by Crippen LogP contribution is 2.42. The minimum Gasteiger partial charge on any atom is -0.311 e. The molecule has 1 aromatic rings. The summed E-state index contributed by atoms with van der Waals surface area (Å²) in [7, 11) is 0. The normalized spacial score (nSPS) is 17.8. The Bertz CT molecular complexity index is 365. The van der Waals surface area contributed by atoms with Crippen LogP contribution in [0.15, 0.2) is 18.2 Å². The number of thioether (sulfide) groups is 1. The molecule has 0 heterocycles. The molecule has 1 aliphatic carbocycles. The maximum atomic E-state index is 13.4. The Morgan fingerprint density at radius 3 is 2.41 bits per heavy atom. The van der Waals surface area contributed by atoms with Gasteiger partial charge in [-0.2, -0.15) is 11.8 Å². The van der Waals surface area contributed by atoms with E-state index in [9.17, 15) is 8.78 Å². The monoisotopic (exact) mass is 257 g/mol. The lowest BCUT2D eigenvalue weighted by Gasteiger charge is -2.40. The number of hydrogen-bond donors (Lipinski definition) is 1. The Kier molecular flexibility index (Phi) is 4.05. The van der Waals surface area contributed by atoms with Crippen molar-refractivity contribution in [1.29, 1.82) is 0 Å². The molecule has 1 nitrogen and oxygen atoms in total. The number of nitrogens with one attached hydrogen (secondary N) is 1. The zero-order chi connectivity index (χ0) is 12.3. The van der Waals surface area contributed by atoms with Crippen LogP contribution in [0.5, 0.6) is 0 Å². The fourth-order valence-corrected chi connectivity index (χ4v) is 3.08. The van der Waals surface area contributed by atoms with Gasteiger partial charge in [0.2, 0.25) is 0 Å². The molecular weight excluding hydrogens is 240 g/mol. The first-order valence-corrected chi connectivity index (χ1v) is 7.08. The van der Waals surface area contributed by atoms with Gasteiger partial charge in [0.15, 0.2) is 0 Å². The van der Waals surface area contributed by atoms with E-state index in [1.807, 2.05) is 11.8 Å². The molecule has 17 heavy (non-hydrogen) atoms. The molecule has 0 saturated heterocycles. The minimum atomic E-state index is -0.468. The molecule has 1 aliphatic rings. The van der Waals surface area contributed by atoms with Gasteiger partial charge in [-0.15, -0.1) is 0 Å². The van der Waals surface area contributed by atoms with E-state index in [0.29, 0.717) is 4.75 Å². The van der Waals surface area contributed by atoms with Crippen molar-refractivity contribution in [2.24, 2.45) is 0 Å². The number of rotatable bonds is 5. The Labute approximate surface area is 105 Å². The van der Waals surface area contributed by atoms with Gasteiger partial charge in [0, 0.05) is 23.4 Å². The lowest BCUT2D eigenvalue weighted by atomic mass is 9.84. The highest BCUT2D eigenvalue weighted by atomic mass is 32.2. The molecule has 0 amide bonds. The number of benzene rings is 1. The maximum Gasteiger partial charge on any atom is 0.130 e. The Morgan fingerprint density at radius 1 is 1.29 bits per heavy atom. The predicted octanol–water partition coefficient (Wildman–Crippen LogP) is 3.34. The highest BCUT2D eigenvalue weighted by molar-refractivity contribution is 8.00. The Balaban J connectivity index is 1.90. The Morgan fingerprint density at radius 2 is 1.94 bits per heavy atom. The van der Waals surface area contributed by atoms with Crippen LogP contribution in [0.3, 0.4) is 0 Å². The van der Waals surface area contributed by atoms with E-state index in [2.05, 4.69) is 11.6 Å². The Hall–Kier alpha value is -0.610. The molecule has 0 atom stereocenters. The van der Waals surface area contributed by atoms with Gasteiger partial charge in [-0.05, 0) is 31.2 Å². The average molecular weight is 257 g/mol. The van der Waals surface area contributed by atoms with Crippen molar-refractivity contribution in [3.63, 3.8) is 0 Å². The molecule has 1 fully saturated rings. The van der Waals surface area contributed by atoms with Gasteiger partial charge in [-0.1, -0.05) is 12.5 Å². The molecule has 0 spiro atoms. The van der Waals surface area contributed by atoms with Crippen molar-refractivity contribution in [3.8, 4) is 0 Å². The van der Waals surface area contributed by atoms with E-state index in [0.717, 1.165) is 6.54 Å². The van der Waals surface area contributed by atoms with Gasteiger partial charge in [-0.25, -0.2) is 8.78 Å². The summed E-state index contributed by atoms with van der Waals surface area (Å²) in [5.41, 5.74) is 0.142. The molecule has 1 N–H and O–H groups in total. The van der Waals surface area contributed by atoms with E-state index >= 15 is 0 Å². The molecule has 0 unspecified atom stereocenters. The van der Waals surface area contributed by atoms with Crippen LogP contribution < -0.4 is 5.32 Å². The second kappa shape index (κ2) is 5.36. The fourth-order valence-electron chi connectivity index (χ4n) is 2.14. The van der Waals surface area contributed by atoms with Gasteiger partial charge in [0.1, 0.15) is 11.6 Å². The number of halogens is 2. The summed E-state index contributed by atoms with van der Waals surface area (Å²) in [4.78, 5) is 0. The van der Waals surface area contributed by atoms with Gasteiger partial charge in [-0.3, -0.25) is 0 Å². The van der Waals surface area contributed by atoms with Crippen molar-refractivity contribution in [1.82, 2.24) is 5.32 Å². The van der Waals surface area contributed by atoms with E-state index in [-0.39, 0.29) is 12.1 Å². The van der Waals surface area contributed by atoms with Crippen molar-refractivity contribution < 1.29 is 8.78 Å². The zero-order valence-electron chi connectivity index (χ0n) is 9.93. The van der Waals surface area contributed by atoms with Crippen LogP contribution in [0.1, 0.15) is 24.8 Å². The highest BCUT2D eigenvalue weighted by Gasteiger charge is 2.35. The number of hydrogen-bond acceptors (Lipinski definition) is 2. The van der Waals surface area contributed by atoms with Crippen LogP contribution in [0.2, 0.25) is 0 Å². The molecule has 2 rings (SSSR count). The van der Waals surface area contributed by atoms with E-state index in [4.69, 9.17) is 0 Å². The fraction of sp³-hybridized carbons (Fsp3) is 0.538. The van der Waals surface area contributed by atoms with Crippen molar-refractivity contribution >= 4 is 11.8 Å². The van der Waals surface area contributed by atoms with E-state index < -0.39 is 11.6 Å². The third-order valence-corrected chi connectivity index (χ3v) is 4.93. The summed E-state index contributed by atoms with van der Waals surface area (Å²) in [6.07, 6.45) is 5.75.